The van der Waals surface area contributed by atoms with Crippen LogP contribution in [0.25, 0.3) is 0 Å². The molecule has 0 aromatic heterocycles. The second-order valence-electron chi connectivity index (χ2n) is 3.24. The van der Waals surface area contributed by atoms with Crippen LogP contribution >= 0.6 is 58.8 Å². The monoisotopic (exact) mass is 352 g/mol. The molecule has 1 amide bonds. The van der Waals surface area contributed by atoms with Crippen LogP contribution < -0.4 is 5.32 Å². The molecule has 0 aromatic carbocycles. The Balaban J connectivity index is 4.08. The predicted molar refractivity (Wildman–Crippen MR) is 82.4 cm³/mol. The molecule has 1 atom stereocenters. The van der Waals surface area contributed by atoms with Crippen molar-refractivity contribution in [1.82, 2.24) is 10.2 Å². The molecule has 0 aromatic rings. The van der Waals surface area contributed by atoms with Gasteiger partial charge in [0, 0.05) is 13.1 Å². The fourth-order valence-corrected chi connectivity index (χ4v) is 2.35. The summed E-state index contributed by atoms with van der Waals surface area (Å²) < 4.78 is -1.32. The molecule has 0 saturated carbocycles. The number of thiocarbonyl (C=S) groups is 1. The first-order valence-corrected chi connectivity index (χ1v) is 7.71. The van der Waals surface area contributed by atoms with Gasteiger partial charge in [-0.15, -0.1) is 0 Å². The summed E-state index contributed by atoms with van der Waals surface area (Å²) in [5, 5.41) is 11.5. The van der Waals surface area contributed by atoms with E-state index < -0.39 is 15.9 Å². The van der Waals surface area contributed by atoms with E-state index in [1.807, 2.05) is 18.7 Å². The average molecular weight is 354 g/mol. The Morgan fingerprint density at radius 3 is 2.33 bits per heavy atom. The number of carbonyl (C=O) groups excluding carboxylic acids is 1. The zero-order valence-electron chi connectivity index (χ0n) is 9.95. The highest BCUT2D eigenvalue weighted by molar-refractivity contribution is 8.23. The van der Waals surface area contributed by atoms with E-state index in [9.17, 15) is 9.90 Å². The van der Waals surface area contributed by atoms with Crippen LogP contribution in [0.5, 0.6) is 0 Å². The molecule has 0 aliphatic rings. The van der Waals surface area contributed by atoms with E-state index in [-0.39, 0.29) is 5.75 Å². The van der Waals surface area contributed by atoms with Crippen molar-refractivity contribution in [1.29, 1.82) is 0 Å². The maximum Gasteiger partial charge on any atom is 0.234 e. The van der Waals surface area contributed by atoms with Crippen LogP contribution in [0.1, 0.15) is 13.8 Å². The zero-order valence-corrected chi connectivity index (χ0v) is 13.9. The molecule has 0 radical (unpaired) electrons. The molecule has 18 heavy (non-hydrogen) atoms. The standard InChI is InChI=1S/C9H15Cl3N2O2S2/c1-3-14(4-2)8(17)18-5-6(15)13-7(16)9(10,11)12/h7,16H,3-5H2,1-2H3,(H,13,15). The van der Waals surface area contributed by atoms with Crippen molar-refractivity contribution < 1.29 is 9.90 Å². The van der Waals surface area contributed by atoms with Gasteiger partial charge in [-0.25, -0.2) is 0 Å². The van der Waals surface area contributed by atoms with Crippen molar-refractivity contribution in [2.45, 2.75) is 23.9 Å². The van der Waals surface area contributed by atoms with Crippen LogP contribution in [-0.2, 0) is 4.79 Å². The Hall–Kier alpha value is 0.540. The normalized spacial score (nSPS) is 13.0. The van der Waals surface area contributed by atoms with Gasteiger partial charge in [0.2, 0.25) is 9.70 Å². The molecule has 0 saturated heterocycles. The number of halogens is 3. The first-order chi connectivity index (χ1) is 8.22. The van der Waals surface area contributed by atoms with Crippen molar-refractivity contribution in [3.63, 3.8) is 0 Å². The van der Waals surface area contributed by atoms with E-state index in [0.29, 0.717) is 4.32 Å². The minimum absolute atomic E-state index is 0.0626. The number of hydrogen-bond acceptors (Lipinski definition) is 4. The maximum absolute atomic E-state index is 11.5. The van der Waals surface area contributed by atoms with E-state index in [0.717, 1.165) is 13.1 Å². The first kappa shape index (κ1) is 18.5. The molecule has 0 bridgehead atoms. The minimum atomic E-state index is -1.94. The third kappa shape index (κ3) is 7.21. The topological polar surface area (TPSA) is 52.6 Å². The molecule has 0 spiro atoms. The third-order valence-electron chi connectivity index (χ3n) is 1.96. The van der Waals surface area contributed by atoms with Gasteiger partial charge in [-0.2, -0.15) is 0 Å². The number of amides is 1. The van der Waals surface area contributed by atoms with Crippen LogP contribution in [0.15, 0.2) is 0 Å². The summed E-state index contributed by atoms with van der Waals surface area (Å²) in [6.45, 7) is 5.51. The number of hydrogen-bond donors (Lipinski definition) is 2. The van der Waals surface area contributed by atoms with Gasteiger partial charge in [0.1, 0.15) is 4.32 Å². The second kappa shape index (κ2) is 8.66. The van der Waals surface area contributed by atoms with E-state index in [4.69, 9.17) is 47.0 Å². The van der Waals surface area contributed by atoms with Crippen LogP contribution in [0.3, 0.4) is 0 Å². The number of alkyl halides is 3. The number of carbonyl (C=O) groups is 1. The lowest BCUT2D eigenvalue weighted by atomic mass is 10.6. The van der Waals surface area contributed by atoms with Gasteiger partial charge in [0.05, 0.1) is 5.75 Å². The second-order valence-corrected chi connectivity index (χ2v) is 7.22. The summed E-state index contributed by atoms with van der Waals surface area (Å²) >= 11 is 22.6. The molecule has 4 nitrogen and oxygen atoms in total. The van der Waals surface area contributed by atoms with Crippen LogP contribution in [0, 0.1) is 0 Å². The summed E-state index contributed by atoms with van der Waals surface area (Å²) in [4.78, 5) is 13.4. The van der Waals surface area contributed by atoms with Crippen molar-refractivity contribution in [3.05, 3.63) is 0 Å². The fraction of sp³-hybridized carbons (Fsp3) is 0.778. The summed E-state index contributed by atoms with van der Waals surface area (Å²) in [6, 6.07) is 0. The van der Waals surface area contributed by atoms with Gasteiger partial charge in [-0.05, 0) is 13.8 Å². The highest BCUT2D eigenvalue weighted by Crippen LogP contribution is 2.28. The smallest absolute Gasteiger partial charge is 0.234 e. The minimum Gasteiger partial charge on any atom is -0.369 e. The van der Waals surface area contributed by atoms with Crippen molar-refractivity contribution >= 4 is 69.0 Å². The number of aliphatic hydroxyl groups excluding tert-OH is 1. The number of aliphatic hydroxyl groups is 1. The average Bonchev–Trinajstić information content (AvgIpc) is 2.26. The molecule has 0 rings (SSSR count). The molecular weight excluding hydrogens is 339 g/mol. The Kier molecular flexibility index (Phi) is 8.92. The van der Waals surface area contributed by atoms with Crippen molar-refractivity contribution in [3.8, 4) is 0 Å². The van der Waals surface area contributed by atoms with Crippen LogP contribution in [-0.4, -0.2) is 49.1 Å². The Morgan fingerprint density at radius 2 is 1.94 bits per heavy atom. The molecule has 0 fully saturated rings. The number of nitrogens with zero attached hydrogens (tertiary/aromatic N) is 1. The number of rotatable bonds is 5. The number of nitrogens with one attached hydrogen (secondary N) is 1. The lowest BCUT2D eigenvalue weighted by Gasteiger charge is -2.22. The predicted octanol–water partition coefficient (Wildman–Crippen LogP) is 2.15. The first-order valence-electron chi connectivity index (χ1n) is 5.18. The molecule has 0 heterocycles. The van der Waals surface area contributed by atoms with E-state index in [1.165, 1.54) is 11.8 Å². The molecule has 9 heteroatoms. The van der Waals surface area contributed by atoms with Gasteiger partial charge in [-0.3, -0.25) is 4.79 Å². The van der Waals surface area contributed by atoms with Gasteiger partial charge in [0.25, 0.3) is 0 Å². The van der Waals surface area contributed by atoms with E-state index in [2.05, 4.69) is 5.32 Å². The van der Waals surface area contributed by atoms with Gasteiger partial charge >= 0.3 is 0 Å². The zero-order chi connectivity index (χ0) is 14.3. The summed E-state index contributed by atoms with van der Waals surface area (Å²) in [5.41, 5.74) is 0. The molecule has 1 unspecified atom stereocenters. The van der Waals surface area contributed by atoms with E-state index >= 15 is 0 Å². The third-order valence-corrected chi connectivity index (χ3v) is 4.10. The summed E-state index contributed by atoms with van der Waals surface area (Å²) in [7, 11) is 0. The van der Waals surface area contributed by atoms with Crippen molar-refractivity contribution in [2.24, 2.45) is 0 Å². The Labute approximate surface area is 131 Å². The highest BCUT2D eigenvalue weighted by atomic mass is 35.6. The molecule has 0 aliphatic carbocycles. The summed E-state index contributed by atoms with van der Waals surface area (Å²) in [6.07, 6.45) is -1.54. The molecule has 2 N–H and O–H groups in total. The van der Waals surface area contributed by atoms with Gasteiger partial charge in [-0.1, -0.05) is 58.8 Å². The number of thioether (sulfide) groups is 1. The van der Waals surface area contributed by atoms with Crippen LogP contribution in [0.4, 0.5) is 0 Å². The summed E-state index contributed by atoms with van der Waals surface area (Å²) in [5.74, 6) is -0.388. The lowest BCUT2D eigenvalue weighted by molar-refractivity contribution is -0.121. The van der Waals surface area contributed by atoms with E-state index in [1.54, 1.807) is 0 Å². The highest BCUT2D eigenvalue weighted by Gasteiger charge is 2.32. The molecular formula is C9H15Cl3N2O2S2. The van der Waals surface area contributed by atoms with Crippen LogP contribution in [0.2, 0.25) is 0 Å². The molecule has 0 aliphatic heterocycles. The largest absolute Gasteiger partial charge is 0.369 e. The lowest BCUT2D eigenvalue weighted by Crippen LogP contribution is -2.44. The Morgan fingerprint density at radius 1 is 1.44 bits per heavy atom. The SMILES string of the molecule is CCN(CC)C(=S)SCC(=O)NC(O)C(Cl)(Cl)Cl. The Bertz CT molecular complexity index is 296. The van der Waals surface area contributed by atoms with Gasteiger partial charge in [0.15, 0.2) is 6.23 Å². The van der Waals surface area contributed by atoms with Crippen molar-refractivity contribution in [2.75, 3.05) is 18.8 Å². The maximum atomic E-state index is 11.5. The fourth-order valence-electron chi connectivity index (χ4n) is 0.976. The van der Waals surface area contributed by atoms with Gasteiger partial charge < -0.3 is 15.3 Å². The quantitative estimate of drug-likeness (QED) is 0.450. The molecule has 106 valence electrons.